The highest BCUT2D eigenvalue weighted by Crippen LogP contribution is 2.35. The predicted molar refractivity (Wildman–Crippen MR) is 102 cm³/mol. The van der Waals surface area contributed by atoms with Crippen molar-refractivity contribution in [3.63, 3.8) is 0 Å². The van der Waals surface area contributed by atoms with Crippen LogP contribution >= 0.6 is 0 Å². The molecule has 0 radical (unpaired) electrons. The van der Waals surface area contributed by atoms with Gasteiger partial charge in [0.2, 0.25) is 0 Å². The molecule has 26 heavy (non-hydrogen) atoms. The molecular weight excluding hydrogens is 325 g/mol. The van der Waals surface area contributed by atoms with Gasteiger partial charge in [0.15, 0.2) is 0 Å². The Morgan fingerprint density at radius 1 is 0.923 bits per heavy atom. The Bertz CT molecular complexity index is 1020. The highest BCUT2D eigenvalue weighted by molar-refractivity contribution is 5.92. The van der Waals surface area contributed by atoms with E-state index in [9.17, 15) is 4.39 Å². The van der Waals surface area contributed by atoms with Crippen LogP contribution in [0.2, 0.25) is 0 Å². The second-order valence-corrected chi connectivity index (χ2v) is 6.38. The van der Waals surface area contributed by atoms with Crippen molar-refractivity contribution in [1.82, 2.24) is 14.6 Å². The molecule has 130 valence electrons. The zero-order valence-corrected chi connectivity index (χ0v) is 14.7. The number of hydrogen-bond donors (Lipinski definition) is 0. The molecule has 0 aliphatic heterocycles. The third-order valence-corrected chi connectivity index (χ3v) is 4.61. The van der Waals surface area contributed by atoms with Gasteiger partial charge in [-0.05, 0) is 66.9 Å². The van der Waals surface area contributed by atoms with Crippen LogP contribution < -0.4 is 0 Å². The van der Waals surface area contributed by atoms with E-state index in [0.29, 0.717) is 0 Å². The maximum atomic E-state index is 13.4. The lowest BCUT2D eigenvalue weighted by molar-refractivity contribution is 0.628. The molecule has 3 aromatic heterocycles. The molecule has 0 fully saturated rings. The third-order valence-electron chi connectivity index (χ3n) is 4.61. The maximum absolute atomic E-state index is 13.4. The van der Waals surface area contributed by atoms with Gasteiger partial charge >= 0.3 is 0 Å². The minimum atomic E-state index is -0.244. The van der Waals surface area contributed by atoms with E-state index in [1.54, 1.807) is 24.5 Å². The average Bonchev–Trinajstić information content (AvgIpc) is 3.07. The fraction of sp³-hybridized carbons (Fsp3) is 0.182. The summed E-state index contributed by atoms with van der Waals surface area (Å²) in [7, 11) is 0. The monoisotopic (exact) mass is 345 g/mol. The molecule has 3 heterocycles. The molecule has 0 saturated heterocycles. The van der Waals surface area contributed by atoms with Crippen molar-refractivity contribution < 1.29 is 4.39 Å². The summed E-state index contributed by atoms with van der Waals surface area (Å²) in [5, 5.41) is 4.92. The Labute approximate surface area is 152 Å². The summed E-state index contributed by atoms with van der Waals surface area (Å²) < 4.78 is 15.4. The van der Waals surface area contributed by atoms with Gasteiger partial charge in [-0.15, -0.1) is 0 Å². The minimum Gasteiger partial charge on any atom is -0.265 e. The van der Waals surface area contributed by atoms with Crippen LogP contribution in [0.25, 0.3) is 27.9 Å². The van der Waals surface area contributed by atoms with Gasteiger partial charge in [0.05, 0.1) is 5.52 Å². The first-order valence-electron chi connectivity index (χ1n) is 8.95. The topological polar surface area (TPSA) is 30.2 Å². The van der Waals surface area contributed by atoms with E-state index in [0.717, 1.165) is 47.2 Å². The largest absolute Gasteiger partial charge is 0.265 e. The number of aromatic nitrogens is 3. The van der Waals surface area contributed by atoms with E-state index < -0.39 is 0 Å². The molecule has 4 rings (SSSR count). The van der Waals surface area contributed by atoms with Crippen molar-refractivity contribution >= 4 is 5.52 Å². The van der Waals surface area contributed by atoms with Crippen molar-refractivity contribution in [2.75, 3.05) is 0 Å². The number of fused-ring (bicyclic) bond motifs is 1. The average molecular weight is 345 g/mol. The quantitative estimate of drug-likeness (QED) is 0.475. The van der Waals surface area contributed by atoms with Gasteiger partial charge in [-0.1, -0.05) is 19.4 Å². The standard InChI is InChI=1S/C22H20FN3/c1-2-3-5-19-6-4-7-20-21(16-12-14-24-15-13-16)22(25-26(19)20)17-8-10-18(23)11-9-17/h4,6-15H,2-3,5H2,1H3. The second-order valence-electron chi connectivity index (χ2n) is 6.38. The van der Waals surface area contributed by atoms with Gasteiger partial charge in [-0.25, -0.2) is 8.91 Å². The van der Waals surface area contributed by atoms with Crippen LogP contribution in [0.1, 0.15) is 25.5 Å². The zero-order valence-electron chi connectivity index (χ0n) is 14.7. The van der Waals surface area contributed by atoms with Gasteiger partial charge in [0, 0.05) is 29.2 Å². The van der Waals surface area contributed by atoms with E-state index in [-0.39, 0.29) is 5.82 Å². The second kappa shape index (κ2) is 7.08. The van der Waals surface area contributed by atoms with Gasteiger partial charge in [0.25, 0.3) is 0 Å². The summed E-state index contributed by atoms with van der Waals surface area (Å²) in [6.45, 7) is 2.19. The molecule has 0 unspecified atom stereocenters. The lowest BCUT2D eigenvalue weighted by Gasteiger charge is -2.05. The van der Waals surface area contributed by atoms with Crippen LogP contribution in [0.15, 0.2) is 67.0 Å². The van der Waals surface area contributed by atoms with Gasteiger partial charge in [-0.2, -0.15) is 5.10 Å². The number of benzene rings is 1. The predicted octanol–water partition coefficient (Wildman–Crippen LogP) is 5.55. The molecule has 3 nitrogen and oxygen atoms in total. The summed E-state index contributed by atoms with van der Waals surface area (Å²) in [4.78, 5) is 4.13. The summed E-state index contributed by atoms with van der Waals surface area (Å²) in [5.74, 6) is -0.244. The van der Waals surface area contributed by atoms with Crippen molar-refractivity contribution in [2.24, 2.45) is 0 Å². The highest BCUT2D eigenvalue weighted by atomic mass is 19.1. The molecular formula is C22H20FN3. The van der Waals surface area contributed by atoms with Crippen LogP contribution in [0, 0.1) is 5.82 Å². The molecule has 0 aliphatic carbocycles. The van der Waals surface area contributed by atoms with Crippen molar-refractivity contribution in [2.45, 2.75) is 26.2 Å². The van der Waals surface area contributed by atoms with Crippen molar-refractivity contribution in [3.8, 4) is 22.4 Å². The third kappa shape index (κ3) is 2.99. The zero-order chi connectivity index (χ0) is 17.9. The summed E-state index contributed by atoms with van der Waals surface area (Å²) in [6.07, 6.45) is 6.81. The van der Waals surface area contributed by atoms with E-state index in [4.69, 9.17) is 5.10 Å². The molecule has 0 amide bonds. The normalized spacial score (nSPS) is 11.2. The van der Waals surface area contributed by atoms with Crippen LogP contribution in [-0.2, 0) is 6.42 Å². The van der Waals surface area contributed by atoms with E-state index in [2.05, 4.69) is 30.1 Å². The molecule has 0 spiro atoms. The molecule has 4 heteroatoms. The first kappa shape index (κ1) is 16.5. The Hall–Kier alpha value is -3.01. The Kier molecular flexibility index (Phi) is 4.48. The first-order valence-corrected chi connectivity index (χ1v) is 8.95. The Morgan fingerprint density at radius 2 is 1.69 bits per heavy atom. The number of rotatable bonds is 5. The fourth-order valence-corrected chi connectivity index (χ4v) is 3.29. The summed E-state index contributed by atoms with van der Waals surface area (Å²) >= 11 is 0. The van der Waals surface area contributed by atoms with E-state index in [1.807, 2.05) is 16.6 Å². The summed E-state index contributed by atoms with van der Waals surface area (Å²) in [6, 6.07) is 16.8. The molecule has 0 N–H and O–H groups in total. The molecule has 0 saturated carbocycles. The van der Waals surface area contributed by atoms with Crippen LogP contribution in [0.3, 0.4) is 0 Å². The summed E-state index contributed by atoms with van der Waals surface area (Å²) in [5.41, 5.74) is 6.12. The van der Waals surface area contributed by atoms with E-state index >= 15 is 0 Å². The number of aryl methyl sites for hydroxylation is 1. The molecule has 1 aromatic carbocycles. The maximum Gasteiger partial charge on any atom is 0.123 e. The Balaban J connectivity index is 1.98. The number of unbranched alkanes of at least 4 members (excludes halogenated alkanes) is 1. The number of halogens is 1. The van der Waals surface area contributed by atoms with Gasteiger partial charge in [-0.3, -0.25) is 4.98 Å². The Morgan fingerprint density at radius 3 is 2.42 bits per heavy atom. The SMILES string of the molecule is CCCCc1cccc2c(-c3ccncc3)c(-c3ccc(F)cc3)nn12. The van der Waals surface area contributed by atoms with Crippen molar-refractivity contribution in [1.29, 1.82) is 0 Å². The molecule has 4 aromatic rings. The van der Waals surface area contributed by atoms with Crippen LogP contribution in [0.5, 0.6) is 0 Å². The molecule has 0 atom stereocenters. The number of pyridine rings is 2. The minimum absolute atomic E-state index is 0.244. The van der Waals surface area contributed by atoms with Crippen LogP contribution in [-0.4, -0.2) is 14.6 Å². The molecule has 0 bridgehead atoms. The number of hydrogen-bond acceptors (Lipinski definition) is 2. The molecule has 0 aliphatic rings. The van der Waals surface area contributed by atoms with Crippen molar-refractivity contribution in [3.05, 3.63) is 78.5 Å². The van der Waals surface area contributed by atoms with E-state index in [1.165, 1.54) is 17.8 Å². The number of nitrogens with zero attached hydrogens (tertiary/aromatic N) is 3. The highest BCUT2D eigenvalue weighted by Gasteiger charge is 2.17. The fourth-order valence-electron chi connectivity index (χ4n) is 3.29. The lowest BCUT2D eigenvalue weighted by atomic mass is 10.0. The van der Waals surface area contributed by atoms with Crippen LogP contribution in [0.4, 0.5) is 4.39 Å². The lowest BCUT2D eigenvalue weighted by Crippen LogP contribution is -1.98. The first-order chi connectivity index (χ1) is 12.8. The van der Waals surface area contributed by atoms with Gasteiger partial charge in [0.1, 0.15) is 11.5 Å². The smallest absolute Gasteiger partial charge is 0.123 e. The van der Waals surface area contributed by atoms with Gasteiger partial charge < -0.3 is 0 Å².